The zero-order valence-electron chi connectivity index (χ0n) is 39.4. The first-order chi connectivity index (χ1) is 34.6. The first-order valence-corrected chi connectivity index (χ1v) is 25.3. The number of hydrogen-bond donors (Lipinski definition) is 3. The Hall–Kier alpha value is -7.04. The molecule has 6 bridgehead atoms. The monoisotopic (exact) mass is 965 g/mol. The molecule has 7 aliphatic rings. The Morgan fingerprint density at radius 1 is 0.563 bits per heavy atom. The first-order valence-electron chi connectivity index (χ1n) is 25.0. The van der Waals surface area contributed by atoms with E-state index >= 15 is 9.59 Å². The number of hydrogen-bond acceptors (Lipinski definition) is 7. The maximum absolute atomic E-state index is 15.5. The molecule has 0 saturated heterocycles. The topological polar surface area (TPSA) is 140 Å². The summed E-state index contributed by atoms with van der Waals surface area (Å²) in [7, 11) is 0. The van der Waals surface area contributed by atoms with Gasteiger partial charge in [0.15, 0.2) is 0 Å². The van der Waals surface area contributed by atoms with Gasteiger partial charge in [0.25, 0.3) is 0 Å². The quantitative estimate of drug-likeness (QED) is 0.0871. The summed E-state index contributed by atoms with van der Waals surface area (Å²) < 4.78 is 11.3. The molecule has 71 heavy (non-hydrogen) atoms. The number of nitrogens with one attached hydrogen (secondary N) is 3. The lowest BCUT2D eigenvalue weighted by Gasteiger charge is -2.57. The van der Waals surface area contributed by atoms with Crippen LogP contribution in [0.15, 0.2) is 152 Å². The van der Waals surface area contributed by atoms with Gasteiger partial charge in [0.1, 0.15) is 19.3 Å². The number of anilines is 1. The fraction of sp³-hybridized carbons (Fsp3) is 0.317. The van der Waals surface area contributed by atoms with Crippen LogP contribution in [-0.2, 0) is 43.5 Å². The van der Waals surface area contributed by atoms with E-state index in [0.717, 1.165) is 70.4 Å². The lowest BCUT2D eigenvalue weighted by atomic mass is 9.49. The number of rotatable bonds is 15. The highest BCUT2D eigenvalue weighted by Crippen LogP contribution is 2.61. The largest absolute Gasteiger partial charge is 0.457 e. The maximum atomic E-state index is 15.5. The summed E-state index contributed by atoms with van der Waals surface area (Å²) in [6.07, 6.45) is 7.31. The number of carbonyl (C=O) groups excluding carboxylic acids is 5. The van der Waals surface area contributed by atoms with Crippen LogP contribution < -0.4 is 16.0 Å². The standard InChI is InChI=1S/C60H56ClN3O7/c61-49-22-12-7-17-41(49)29-50(55(65)63-44-27-42(58(68)70-33-36-13-3-1-4-14-36)26-43(28-44)59(69)71-34-37-15-5-2-6-16-37)64-57(67)54-52-47-20-10-8-18-45(47)51(46-19-9-11-21-48(46)52)53(54)56(66)62-35-60-30-38-23-39(31-60)25-40(24-38)32-60/h1-22,26-28,38-40,50-54H,23-25,29-35H2,(H,62,66)(H,63,65)(H,64,67)/t38?,39?,40?,50-,51?,52?,53-,54+,60?/m0/s1. The molecule has 6 aromatic carbocycles. The molecule has 6 aromatic rings. The van der Waals surface area contributed by atoms with Crippen molar-refractivity contribution in [2.75, 3.05) is 11.9 Å². The van der Waals surface area contributed by atoms with Gasteiger partial charge in [0, 0.05) is 35.5 Å². The first kappa shape index (κ1) is 46.3. The van der Waals surface area contributed by atoms with Crippen LogP contribution in [0.3, 0.4) is 0 Å². The molecule has 360 valence electrons. The Labute approximate surface area is 418 Å². The number of benzene rings is 6. The molecular weight excluding hydrogens is 910 g/mol. The molecule has 0 radical (unpaired) electrons. The fourth-order valence-corrected chi connectivity index (χ4v) is 13.6. The molecule has 10 nitrogen and oxygen atoms in total. The van der Waals surface area contributed by atoms with Gasteiger partial charge in [-0.25, -0.2) is 9.59 Å². The molecule has 4 fully saturated rings. The second kappa shape index (κ2) is 19.6. The summed E-state index contributed by atoms with van der Waals surface area (Å²) in [5.41, 5.74) is 6.44. The zero-order chi connectivity index (χ0) is 48.6. The average molecular weight is 967 g/mol. The highest BCUT2D eigenvalue weighted by atomic mass is 35.5. The highest BCUT2D eigenvalue weighted by molar-refractivity contribution is 6.31. The van der Waals surface area contributed by atoms with E-state index in [0.29, 0.717) is 17.1 Å². The third-order valence-electron chi connectivity index (χ3n) is 16.0. The Bertz CT molecular complexity index is 2860. The van der Waals surface area contributed by atoms with Crippen LogP contribution >= 0.6 is 11.6 Å². The van der Waals surface area contributed by atoms with Crippen molar-refractivity contribution in [3.8, 4) is 0 Å². The summed E-state index contributed by atoms with van der Waals surface area (Å²) >= 11 is 6.75. The molecule has 0 unspecified atom stereocenters. The van der Waals surface area contributed by atoms with E-state index in [1.165, 1.54) is 37.5 Å². The van der Waals surface area contributed by atoms with Gasteiger partial charge in [-0.15, -0.1) is 0 Å². The number of carbonyl (C=O) groups is 5. The van der Waals surface area contributed by atoms with Gasteiger partial charge in [-0.3, -0.25) is 14.4 Å². The van der Waals surface area contributed by atoms with E-state index in [9.17, 15) is 14.4 Å². The van der Waals surface area contributed by atoms with E-state index < -0.39 is 47.5 Å². The highest BCUT2D eigenvalue weighted by Gasteiger charge is 2.56. The normalized spacial score (nSPS) is 24.4. The van der Waals surface area contributed by atoms with Gasteiger partial charge in [0.05, 0.1) is 23.0 Å². The van der Waals surface area contributed by atoms with Gasteiger partial charge in [-0.1, -0.05) is 139 Å². The van der Waals surface area contributed by atoms with Gasteiger partial charge in [0.2, 0.25) is 17.7 Å². The fourth-order valence-electron chi connectivity index (χ4n) is 13.3. The molecule has 3 N–H and O–H groups in total. The Morgan fingerprint density at radius 3 is 1.51 bits per heavy atom. The number of amides is 3. The Kier molecular flexibility index (Phi) is 12.8. The molecule has 3 atom stereocenters. The van der Waals surface area contributed by atoms with E-state index in [-0.39, 0.29) is 53.7 Å². The number of ether oxygens (including phenoxy) is 2. The lowest BCUT2D eigenvalue weighted by molar-refractivity contribution is -0.139. The number of fused-ring (bicyclic) bond motifs is 1. The van der Waals surface area contributed by atoms with E-state index in [1.807, 2.05) is 91.0 Å². The smallest absolute Gasteiger partial charge is 0.338 e. The van der Waals surface area contributed by atoms with Crippen molar-refractivity contribution < 1.29 is 33.4 Å². The molecule has 4 saturated carbocycles. The Morgan fingerprint density at radius 2 is 1.01 bits per heavy atom. The van der Waals surface area contributed by atoms with Crippen LogP contribution in [0.25, 0.3) is 0 Å². The van der Waals surface area contributed by atoms with Gasteiger partial charge >= 0.3 is 11.9 Å². The minimum atomic E-state index is -1.22. The molecule has 0 spiro atoms. The van der Waals surface area contributed by atoms with Gasteiger partial charge in [-0.2, -0.15) is 0 Å². The van der Waals surface area contributed by atoms with Gasteiger partial charge in [-0.05, 0) is 125 Å². The van der Waals surface area contributed by atoms with Crippen molar-refractivity contribution in [1.82, 2.24) is 10.6 Å². The molecule has 3 amide bonds. The summed E-state index contributed by atoms with van der Waals surface area (Å²) in [6.45, 7) is 0.559. The third-order valence-corrected chi connectivity index (χ3v) is 16.3. The third kappa shape index (κ3) is 9.50. The summed E-state index contributed by atoms with van der Waals surface area (Å²) in [4.78, 5) is 73.0. The summed E-state index contributed by atoms with van der Waals surface area (Å²) in [5.74, 6) is -2.95. The Balaban J connectivity index is 0.909. The molecule has 13 rings (SSSR count). The molecule has 0 aromatic heterocycles. The SMILES string of the molecule is O=C(OCc1ccccc1)c1cc(NC(=O)[C@H](Cc2ccccc2Cl)NC(=O)[C@@H]2C3c4ccccc4C(c4ccccc43)[C@@H]2C(=O)NCC23CC4CC(CC(C4)C2)C3)cc(C(=O)OCc2ccccc2)c1. The number of halogens is 1. The molecule has 0 aliphatic heterocycles. The second-order valence-corrected chi connectivity index (χ2v) is 21.1. The second-order valence-electron chi connectivity index (χ2n) is 20.7. The molecule has 0 heterocycles. The maximum Gasteiger partial charge on any atom is 0.338 e. The lowest BCUT2D eigenvalue weighted by Crippen LogP contribution is -2.57. The van der Waals surface area contributed by atoms with E-state index in [2.05, 4.69) is 40.2 Å². The average Bonchev–Trinajstić information content (AvgIpc) is 3.39. The molecular formula is C60H56ClN3O7. The molecule has 7 aliphatic carbocycles. The molecule has 11 heteroatoms. The predicted octanol–water partition coefficient (Wildman–Crippen LogP) is 10.6. The van der Waals surface area contributed by atoms with Crippen molar-refractivity contribution in [2.45, 2.75) is 76.0 Å². The summed E-state index contributed by atoms with van der Waals surface area (Å²) in [6, 6.07) is 44.8. The van der Waals surface area contributed by atoms with Crippen molar-refractivity contribution in [3.63, 3.8) is 0 Å². The van der Waals surface area contributed by atoms with Crippen LogP contribution in [0.2, 0.25) is 5.02 Å². The minimum Gasteiger partial charge on any atom is -0.457 e. The minimum absolute atomic E-state index is 0.00109. The van der Waals surface area contributed by atoms with Crippen LogP contribution in [0, 0.1) is 35.0 Å². The summed E-state index contributed by atoms with van der Waals surface area (Å²) in [5, 5.41) is 9.94. The van der Waals surface area contributed by atoms with E-state index in [4.69, 9.17) is 21.1 Å². The van der Waals surface area contributed by atoms with Gasteiger partial charge < -0.3 is 25.4 Å². The predicted molar refractivity (Wildman–Crippen MR) is 270 cm³/mol. The van der Waals surface area contributed by atoms with Crippen LogP contribution in [0.5, 0.6) is 0 Å². The van der Waals surface area contributed by atoms with Crippen molar-refractivity contribution in [2.24, 2.45) is 35.0 Å². The number of esters is 2. The van der Waals surface area contributed by atoms with Crippen LogP contribution in [-0.4, -0.2) is 42.2 Å². The van der Waals surface area contributed by atoms with Crippen molar-refractivity contribution >= 4 is 46.9 Å². The zero-order valence-corrected chi connectivity index (χ0v) is 40.1. The van der Waals surface area contributed by atoms with Crippen LogP contribution in [0.1, 0.15) is 110 Å². The van der Waals surface area contributed by atoms with Crippen LogP contribution in [0.4, 0.5) is 5.69 Å². The van der Waals surface area contributed by atoms with E-state index in [1.54, 1.807) is 18.2 Å². The van der Waals surface area contributed by atoms with Crippen molar-refractivity contribution in [1.29, 1.82) is 0 Å². The van der Waals surface area contributed by atoms with Crippen molar-refractivity contribution in [3.05, 3.63) is 207 Å².